The number of hydrogen-bond donors (Lipinski definition) is 0. The maximum Gasteiger partial charge on any atom is 0.161 e. The fraction of sp³-hybridized carbons (Fsp3) is 0.182. The molecule has 0 aliphatic rings. The molecular weight excluding hydrogens is 178 g/mol. The minimum Gasteiger partial charge on any atom is -0.493 e. The van der Waals surface area contributed by atoms with Crippen LogP contribution in [0, 0.1) is 11.3 Å². The SMILES string of the molecule is COc1ccc(C=CC#N)cc1OC. The normalized spacial score (nSPS) is 9.79. The van der Waals surface area contributed by atoms with Crippen molar-refractivity contribution in [3.63, 3.8) is 0 Å². The minimum absolute atomic E-state index is 0.660. The highest BCUT2D eigenvalue weighted by Gasteiger charge is 2.01. The summed E-state index contributed by atoms with van der Waals surface area (Å²) >= 11 is 0. The first kappa shape index (κ1) is 10.1. The van der Waals surface area contributed by atoms with E-state index in [4.69, 9.17) is 14.7 Å². The summed E-state index contributed by atoms with van der Waals surface area (Å²) < 4.78 is 10.2. The number of hydrogen-bond acceptors (Lipinski definition) is 3. The molecular formula is C11H11NO2. The van der Waals surface area contributed by atoms with E-state index in [9.17, 15) is 0 Å². The van der Waals surface area contributed by atoms with Crippen LogP contribution < -0.4 is 9.47 Å². The van der Waals surface area contributed by atoms with Crippen LogP contribution in [0.2, 0.25) is 0 Å². The Labute approximate surface area is 83.2 Å². The Morgan fingerprint density at radius 2 is 1.93 bits per heavy atom. The zero-order chi connectivity index (χ0) is 10.4. The zero-order valence-electron chi connectivity index (χ0n) is 8.15. The summed E-state index contributed by atoms with van der Waals surface area (Å²) in [7, 11) is 3.16. The molecule has 3 nitrogen and oxygen atoms in total. The van der Waals surface area contributed by atoms with E-state index in [1.807, 2.05) is 18.2 Å². The number of benzene rings is 1. The van der Waals surface area contributed by atoms with Crippen LogP contribution in [-0.2, 0) is 0 Å². The molecule has 0 aliphatic heterocycles. The van der Waals surface area contributed by atoms with E-state index < -0.39 is 0 Å². The standard InChI is InChI=1S/C11H11NO2/c1-13-10-6-5-9(4-3-7-12)8-11(10)14-2/h3-6,8H,1-2H3. The molecule has 1 aromatic rings. The third-order valence-electron chi connectivity index (χ3n) is 1.76. The van der Waals surface area contributed by atoms with Crippen LogP contribution in [0.5, 0.6) is 11.5 Å². The molecule has 0 spiro atoms. The Kier molecular flexibility index (Phi) is 3.57. The third kappa shape index (κ3) is 2.27. The Morgan fingerprint density at radius 1 is 1.21 bits per heavy atom. The smallest absolute Gasteiger partial charge is 0.161 e. The van der Waals surface area contributed by atoms with E-state index in [1.54, 1.807) is 26.4 Å². The molecule has 0 saturated heterocycles. The van der Waals surface area contributed by atoms with E-state index in [1.165, 1.54) is 6.08 Å². The van der Waals surface area contributed by atoms with Gasteiger partial charge in [0.05, 0.1) is 20.3 Å². The average Bonchev–Trinajstić information content (AvgIpc) is 2.25. The van der Waals surface area contributed by atoms with E-state index in [0.717, 1.165) is 5.56 Å². The van der Waals surface area contributed by atoms with Gasteiger partial charge in [-0.3, -0.25) is 0 Å². The molecule has 0 fully saturated rings. The summed E-state index contributed by atoms with van der Waals surface area (Å²) in [5.74, 6) is 1.34. The van der Waals surface area contributed by atoms with Gasteiger partial charge in [-0.15, -0.1) is 0 Å². The molecule has 0 saturated carbocycles. The van der Waals surface area contributed by atoms with Crippen LogP contribution in [0.15, 0.2) is 24.3 Å². The van der Waals surface area contributed by atoms with Crippen molar-refractivity contribution < 1.29 is 9.47 Å². The summed E-state index contributed by atoms with van der Waals surface area (Å²) in [6, 6.07) is 7.40. The Morgan fingerprint density at radius 3 is 2.50 bits per heavy atom. The predicted molar refractivity (Wildman–Crippen MR) is 54.2 cm³/mol. The minimum atomic E-state index is 0.660. The summed E-state index contributed by atoms with van der Waals surface area (Å²) in [6.45, 7) is 0. The van der Waals surface area contributed by atoms with Gasteiger partial charge in [-0.2, -0.15) is 5.26 Å². The van der Waals surface area contributed by atoms with Crippen LogP contribution >= 0.6 is 0 Å². The van der Waals surface area contributed by atoms with E-state index in [0.29, 0.717) is 11.5 Å². The Balaban J connectivity index is 3.02. The van der Waals surface area contributed by atoms with Crippen LogP contribution in [-0.4, -0.2) is 14.2 Å². The molecule has 0 N–H and O–H groups in total. The number of methoxy groups -OCH3 is 2. The third-order valence-corrected chi connectivity index (χ3v) is 1.76. The van der Waals surface area contributed by atoms with Crippen molar-refractivity contribution in [3.8, 4) is 17.6 Å². The fourth-order valence-electron chi connectivity index (χ4n) is 1.09. The lowest BCUT2D eigenvalue weighted by Gasteiger charge is -2.07. The van der Waals surface area contributed by atoms with Gasteiger partial charge < -0.3 is 9.47 Å². The van der Waals surface area contributed by atoms with Crippen LogP contribution in [0.1, 0.15) is 5.56 Å². The first-order valence-corrected chi connectivity index (χ1v) is 4.10. The van der Waals surface area contributed by atoms with Gasteiger partial charge in [0.1, 0.15) is 0 Å². The number of rotatable bonds is 3. The molecule has 0 unspecified atom stereocenters. The Hall–Kier alpha value is -1.95. The van der Waals surface area contributed by atoms with Gasteiger partial charge in [0, 0.05) is 6.08 Å². The van der Waals surface area contributed by atoms with Crippen molar-refractivity contribution in [1.29, 1.82) is 5.26 Å². The van der Waals surface area contributed by atoms with Crippen molar-refractivity contribution in [2.24, 2.45) is 0 Å². The Bertz CT molecular complexity index is 377. The zero-order valence-corrected chi connectivity index (χ0v) is 8.15. The lowest BCUT2D eigenvalue weighted by atomic mass is 10.2. The van der Waals surface area contributed by atoms with Gasteiger partial charge in [0.25, 0.3) is 0 Å². The second-order valence-electron chi connectivity index (χ2n) is 2.58. The second-order valence-corrected chi connectivity index (χ2v) is 2.58. The average molecular weight is 189 g/mol. The summed E-state index contributed by atoms with van der Waals surface area (Å²) in [5.41, 5.74) is 0.907. The van der Waals surface area contributed by atoms with Gasteiger partial charge in [-0.05, 0) is 23.8 Å². The van der Waals surface area contributed by atoms with E-state index in [-0.39, 0.29) is 0 Å². The number of allylic oxidation sites excluding steroid dienone is 1. The maximum absolute atomic E-state index is 8.36. The highest BCUT2D eigenvalue weighted by Crippen LogP contribution is 2.27. The fourth-order valence-corrected chi connectivity index (χ4v) is 1.09. The second kappa shape index (κ2) is 4.93. The molecule has 72 valence electrons. The van der Waals surface area contributed by atoms with Crippen molar-refractivity contribution in [2.75, 3.05) is 14.2 Å². The maximum atomic E-state index is 8.36. The monoisotopic (exact) mass is 189 g/mol. The molecule has 3 heteroatoms. The predicted octanol–water partition coefficient (Wildman–Crippen LogP) is 2.24. The van der Waals surface area contributed by atoms with Crippen molar-refractivity contribution in [2.45, 2.75) is 0 Å². The number of nitrogens with zero attached hydrogens (tertiary/aromatic N) is 1. The molecule has 0 aromatic heterocycles. The van der Waals surface area contributed by atoms with Crippen LogP contribution in [0.4, 0.5) is 0 Å². The highest BCUT2D eigenvalue weighted by molar-refractivity contribution is 5.57. The van der Waals surface area contributed by atoms with E-state index in [2.05, 4.69) is 0 Å². The summed E-state index contributed by atoms with van der Waals surface area (Å²) in [4.78, 5) is 0. The lowest BCUT2D eigenvalue weighted by molar-refractivity contribution is 0.355. The molecule has 0 amide bonds. The number of nitriles is 1. The molecule has 0 radical (unpaired) electrons. The summed E-state index contributed by atoms with van der Waals surface area (Å²) in [5, 5.41) is 8.36. The van der Waals surface area contributed by atoms with Gasteiger partial charge >= 0.3 is 0 Å². The highest BCUT2D eigenvalue weighted by atomic mass is 16.5. The van der Waals surface area contributed by atoms with Gasteiger partial charge in [-0.1, -0.05) is 6.07 Å². The van der Waals surface area contributed by atoms with Crippen molar-refractivity contribution >= 4 is 6.08 Å². The van der Waals surface area contributed by atoms with Gasteiger partial charge in [0.15, 0.2) is 11.5 Å². The van der Waals surface area contributed by atoms with Gasteiger partial charge in [0.2, 0.25) is 0 Å². The molecule has 0 heterocycles. The largest absolute Gasteiger partial charge is 0.493 e. The van der Waals surface area contributed by atoms with E-state index >= 15 is 0 Å². The molecule has 1 aromatic carbocycles. The first-order chi connectivity index (χ1) is 6.81. The van der Waals surface area contributed by atoms with Gasteiger partial charge in [-0.25, -0.2) is 0 Å². The molecule has 0 atom stereocenters. The summed E-state index contributed by atoms with van der Waals surface area (Å²) in [6.07, 6.45) is 3.13. The molecule has 0 aliphatic carbocycles. The topological polar surface area (TPSA) is 42.2 Å². The van der Waals surface area contributed by atoms with Crippen LogP contribution in [0.25, 0.3) is 6.08 Å². The quantitative estimate of drug-likeness (QED) is 0.685. The van der Waals surface area contributed by atoms with Crippen molar-refractivity contribution in [3.05, 3.63) is 29.8 Å². The van der Waals surface area contributed by atoms with Crippen molar-refractivity contribution in [1.82, 2.24) is 0 Å². The molecule has 14 heavy (non-hydrogen) atoms. The molecule has 0 bridgehead atoms. The lowest BCUT2D eigenvalue weighted by Crippen LogP contribution is -1.90. The van der Waals surface area contributed by atoms with Crippen LogP contribution in [0.3, 0.4) is 0 Å². The first-order valence-electron chi connectivity index (χ1n) is 4.10. The molecule has 1 rings (SSSR count). The number of ether oxygens (including phenoxy) is 2.